The number of esters is 1. The fraction of sp³-hybridized carbons (Fsp3) is 0.200. The van der Waals surface area contributed by atoms with Crippen molar-refractivity contribution in [3.8, 4) is 0 Å². The van der Waals surface area contributed by atoms with Crippen LogP contribution in [0.3, 0.4) is 0 Å². The van der Waals surface area contributed by atoms with Gasteiger partial charge in [-0.05, 0) is 35.4 Å². The minimum Gasteiger partial charge on any atom is -0.452 e. The Hall–Kier alpha value is -2.68. The second kappa shape index (κ2) is 10.2. The summed E-state index contributed by atoms with van der Waals surface area (Å²) in [6, 6.07) is 13.3. The second-order valence-corrected chi connectivity index (χ2v) is 8.72. The van der Waals surface area contributed by atoms with Crippen LogP contribution < -0.4 is 5.32 Å². The summed E-state index contributed by atoms with van der Waals surface area (Å²) in [6.45, 7) is -0.501. The Morgan fingerprint density at radius 1 is 1.14 bits per heavy atom. The predicted octanol–water partition coefficient (Wildman–Crippen LogP) is 2.46. The highest BCUT2D eigenvalue weighted by molar-refractivity contribution is 7.89. The van der Waals surface area contributed by atoms with Gasteiger partial charge in [-0.15, -0.1) is 0 Å². The Kier molecular flexibility index (Phi) is 7.95. The number of benzene rings is 2. The Morgan fingerprint density at radius 2 is 1.86 bits per heavy atom. The van der Waals surface area contributed by atoms with E-state index in [0.717, 1.165) is 9.87 Å². The van der Waals surface area contributed by atoms with Gasteiger partial charge in [-0.3, -0.25) is 4.79 Å². The number of hydrogen-bond donors (Lipinski definition) is 1. The number of halogens is 1. The third kappa shape index (κ3) is 6.70. The van der Waals surface area contributed by atoms with Crippen LogP contribution in [0.15, 0.2) is 59.5 Å². The molecule has 9 heteroatoms. The highest BCUT2D eigenvalue weighted by Crippen LogP contribution is 2.18. The average molecular weight is 437 g/mol. The lowest BCUT2D eigenvalue weighted by atomic mass is 10.2. The third-order valence-electron chi connectivity index (χ3n) is 3.81. The second-order valence-electron chi connectivity index (χ2n) is 6.17. The number of carbonyl (C=O) groups excluding carboxylic acids is 2. The van der Waals surface area contributed by atoms with Crippen molar-refractivity contribution in [2.45, 2.75) is 11.4 Å². The van der Waals surface area contributed by atoms with Crippen molar-refractivity contribution in [3.05, 3.63) is 70.8 Å². The molecule has 0 heterocycles. The maximum Gasteiger partial charge on any atom is 0.331 e. The van der Waals surface area contributed by atoms with E-state index in [-0.39, 0.29) is 11.4 Å². The highest BCUT2D eigenvalue weighted by atomic mass is 35.5. The number of nitrogens with zero attached hydrogens (tertiary/aromatic N) is 1. The molecule has 29 heavy (non-hydrogen) atoms. The van der Waals surface area contributed by atoms with E-state index in [1.54, 1.807) is 42.5 Å². The average Bonchev–Trinajstić information content (AvgIpc) is 2.69. The van der Waals surface area contributed by atoms with Gasteiger partial charge >= 0.3 is 5.97 Å². The molecule has 154 valence electrons. The molecule has 7 nitrogen and oxygen atoms in total. The third-order valence-corrected chi connectivity index (χ3v) is 5.96. The first-order valence-electron chi connectivity index (χ1n) is 8.57. The normalized spacial score (nSPS) is 11.6. The molecule has 0 radical (unpaired) electrons. The molecule has 0 aliphatic rings. The van der Waals surface area contributed by atoms with Gasteiger partial charge < -0.3 is 10.1 Å². The summed E-state index contributed by atoms with van der Waals surface area (Å²) in [7, 11) is -0.777. The molecule has 0 aliphatic heterocycles. The van der Waals surface area contributed by atoms with Gasteiger partial charge in [0.15, 0.2) is 6.61 Å². The molecule has 0 saturated carbocycles. The summed E-state index contributed by atoms with van der Waals surface area (Å²) in [5.41, 5.74) is 1.15. The van der Waals surface area contributed by atoms with Crippen LogP contribution in [0.4, 0.5) is 0 Å². The number of amides is 1. The van der Waals surface area contributed by atoms with Crippen molar-refractivity contribution in [2.24, 2.45) is 0 Å². The number of nitrogens with one attached hydrogen (secondary N) is 1. The Morgan fingerprint density at radius 3 is 2.55 bits per heavy atom. The SMILES string of the molecule is CN(C)S(=O)(=O)c1ccccc1CNC(=O)COC(=O)/C=C/c1cccc(Cl)c1. The largest absolute Gasteiger partial charge is 0.452 e. The quantitative estimate of drug-likeness (QED) is 0.507. The van der Waals surface area contributed by atoms with E-state index >= 15 is 0 Å². The molecular formula is C20H21ClN2O5S. The first-order valence-corrected chi connectivity index (χ1v) is 10.4. The van der Waals surface area contributed by atoms with Gasteiger partial charge in [0.2, 0.25) is 10.0 Å². The van der Waals surface area contributed by atoms with E-state index in [9.17, 15) is 18.0 Å². The van der Waals surface area contributed by atoms with Crippen LogP contribution >= 0.6 is 11.6 Å². The molecule has 0 unspecified atom stereocenters. The zero-order valence-electron chi connectivity index (χ0n) is 16.0. The molecule has 1 amide bonds. The van der Waals surface area contributed by atoms with E-state index in [2.05, 4.69) is 5.32 Å². The van der Waals surface area contributed by atoms with Gasteiger partial charge in [-0.25, -0.2) is 17.5 Å². The van der Waals surface area contributed by atoms with Crippen LogP contribution in [0, 0.1) is 0 Å². The smallest absolute Gasteiger partial charge is 0.331 e. The van der Waals surface area contributed by atoms with Crippen LogP contribution in [-0.4, -0.2) is 45.3 Å². The van der Waals surface area contributed by atoms with Crippen molar-refractivity contribution in [3.63, 3.8) is 0 Å². The summed E-state index contributed by atoms with van der Waals surface area (Å²) >= 11 is 5.86. The number of carbonyl (C=O) groups is 2. The summed E-state index contributed by atoms with van der Waals surface area (Å²) in [5, 5.41) is 3.08. The minimum atomic E-state index is -3.64. The van der Waals surface area contributed by atoms with Crippen molar-refractivity contribution in [1.82, 2.24) is 9.62 Å². The van der Waals surface area contributed by atoms with Crippen LogP contribution in [0.2, 0.25) is 5.02 Å². The monoisotopic (exact) mass is 436 g/mol. The molecule has 0 fully saturated rings. The molecule has 2 rings (SSSR count). The fourth-order valence-electron chi connectivity index (χ4n) is 2.30. The topological polar surface area (TPSA) is 92.8 Å². The lowest BCUT2D eigenvalue weighted by Crippen LogP contribution is -2.29. The molecule has 0 saturated heterocycles. The van der Waals surface area contributed by atoms with Crippen molar-refractivity contribution in [1.29, 1.82) is 0 Å². The Bertz CT molecular complexity index is 1020. The molecule has 1 N–H and O–H groups in total. The summed E-state index contributed by atoms with van der Waals surface area (Å²) in [5.74, 6) is -1.23. The molecule has 0 bridgehead atoms. The van der Waals surface area contributed by atoms with Gasteiger partial charge in [0, 0.05) is 31.7 Å². The first kappa shape index (κ1) is 22.6. The molecule has 2 aromatic rings. The Balaban J connectivity index is 1.89. The molecule has 0 aliphatic carbocycles. The lowest BCUT2D eigenvalue weighted by molar-refractivity contribution is -0.143. The van der Waals surface area contributed by atoms with E-state index in [1.807, 2.05) is 0 Å². The van der Waals surface area contributed by atoms with Crippen LogP contribution in [0.1, 0.15) is 11.1 Å². The summed E-state index contributed by atoms with van der Waals surface area (Å²) in [6.07, 6.45) is 2.71. The summed E-state index contributed by atoms with van der Waals surface area (Å²) < 4.78 is 30.7. The molecule has 2 aromatic carbocycles. The van der Waals surface area contributed by atoms with E-state index in [0.29, 0.717) is 10.6 Å². The van der Waals surface area contributed by atoms with Crippen molar-refractivity contribution >= 4 is 39.6 Å². The minimum absolute atomic E-state index is 0.0159. The van der Waals surface area contributed by atoms with Crippen LogP contribution in [0.5, 0.6) is 0 Å². The van der Waals surface area contributed by atoms with Crippen molar-refractivity contribution < 1.29 is 22.7 Å². The van der Waals surface area contributed by atoms with Crippen LogP contribution in [0.25, 0.3) is 6.08 Å². The molecule has 0 spiro atoms. The van der Waals surface area contributed by atoms with E-state index < -0.39 is 28.5 Å². The summed E-state index contributed by atoms with van der Waals surface area (Å²) in [4.78, 5) is 23.8. The molecule has 0 atom stereocenters. The maximum absolute atomic E-state index is 12.4. The predicted molar refractivity (Wildman–Crippen MR) is 111 cm³/mol. The van der Waals surface area contributed by atoms with Crippen molar-refractivity contribution in [2.75, 3.05) is 20.7 Å². The van der Waals surface area contributed by atoms with Gasteiger partial charge in [0.25, 0.3) is 5.91 Å². The number of sulfonamides is 1. The van der Waals surface area contributed by atoms with Gasteiger partial charge in [-0.2, -0.15) is 0 Å². The maximum atomic E-state index is 12.4. The highest BCUT2D eigenvalue weighted by Gasteiger charge is 2.20. The first-order chi connectivity index (χ1) is 13.7. The lowest BCUT2D eigenvalue weighted by Gasteiger charge is -2.15. The fourth-order valence-corrected chi connectivity index (χ4v) is 3.62. The number of hydrogen-bond acceptors (Lipinski definition) is 5. The van der Waals surface area contributed by atoms with Gasteiger partial charge in [0.1, 0.15) is 0 Å². The van der Waals surface area contributed by atoms with Gasteiger partial charge in [-0.1, -0.05) is 41.9 Å². The zero-order chi connectivity index (χ0) is 21.4. The zero-order valence-corrected chi connectivity index (χ0v) is 17.5. The molecule has 0 aromatic heterocycles. The number of rotatable bonds is 8. The van der Waals surface area contributed by atoms with E-state index in [1.165, 1.54) is 32.3 Å². The standard InChI is InChI=1S/C20H21ClN2O5S/c1-23(2)29(26,27)18-9-4-3-7-16(18)13-22-19(24)14-28-20(25)11-10-15-6-5-8-17(21)12-15/h3-12H,13-14H2,1-2H3,(H,22,24)/b11-10+. The Labute approximate surface area is 175 Å². The molecular weight excluding hydrogens is 416 g/mol. The number of ether oxygens (including phenoxy) is 1. The van der Waals surface area contributed by atoms with E-state index in [4.69, 9.17) is 16.3 Å². The van der Waals surface area contributed by atoms with Crippen LogP contribution in [-0.2, 0) is 30.9 Å². The van der Waals surface area contributed by atoms with Gasteiger partial charge in [0.05, 0.1) is 4.90 Å².